The Hall–Kier alpha value is -3.65. The summed E-state index contributed by atoms with van der Waals surface area (Å²) in [6.45, 7) is 1.78. The molecule has 0 spiro atoms. The number of carbonyl (C=O) groups excluding carboxylic acids is 2. The zero-order chi connectivity index (χ0) is 22.0. The molecule has 0 aliphatic carbocycles. The number of aromatic nitrogens is 2. The number of nitrogens with one attached hydrogen (secondary N) is 1. The van der Waals surface area contributed by atoms with Crippen LogP contribution < -0.4 is 5.32 Å². The zero-order valence-corrected chi connectivity index (χ0v) is 18.1. The predicted molar refractivity (Wildman–Crippen MR) is 121 cm³/mol. The van der Waals surface area contributed by atoms with Gasteiger partial charge in [0.25, 0.3) is 16.9 Å². The number of anilines is 1. The minimum atomic E-state index is -0.291. The van der Waals surface area contributed by atoms with Crippen LogP contribution in [0.15, 0.2) is 70.1 Å². The molecule has 2 heterocycles. The summed E-state index contributed by atoms with van der Waals surface area (Å²) >= 11 is 1.13. The Morgan fingerprint density at radius 1 is 1.03 bits per heavy atom. The molecular weight excluding hydrogens is 412 g/mol. The molecule has 4 rings (SSSR count). The highest BCUT2D eigenvalue weighted by molar-refractivity contribution is 8.13. The SMILES string of the molecule is Cc1noc2nc(-c3ccccc3)cc(C(=O)Nc3ccc(SC(=O)N(C)C)cc3)c12. The average molecular weight is 433 g/mol. The van der Waals surface area contributed by atoms with Crippen LogP contribution in [0.4, 0.5) is 10.5 Å². The smallest absolute Gasteiger partial charge is 0.285 e. The van der Waals surface area contributed by atoms with Gasteiger partial charge in [-0.05, 0) is 49.0 Å². The molecule has 0 fully saturated rings. The maximum absolute atomic E-state index is 13.1. The average Bonchev–Trinajstić information content (AvgIpc) is 3.15. The Labute approximate surface area is 183 Å². The van der Waals surface area contributed by atoms with Gasteiger partial charge in [0.05, 0.1) is 22.3 Å². The van der Waals surface area contributed by atoms with Gasteiger partial charge in [0.15, 0.2) is 0 Å². The van der Waals surface area contributed by atoms with Gasteiger partial charge >= 0.3 is 0 Å². The van der Waals surface area contributed by atoms with E-state index < -0.39 is 0 Å². The fourth-order valence-corrected chi connectivity index (χ4v) is 3.68. The van der Waals surface area contributed by atoms with E-state index in [2.05, 4.69) is 15.5 Å². The number of hydrogen-bond donors (Lipinski definition) is 1. The molecule has 0 radical (unpaired) electrons. The number of hydrogen-bond acceptors (Lipinski definition) is 6. The number of thioether (sulfide) groups is 1. The van der Waals surface area contributed by atoms with Gasteiger partial charge in [0.2, 0.25) is 0 Å². The van der Waals surface area contributed by atoms with Crippen LogP contribution in [0.1, 0.15) is 16.1 Å². The highest BCUT2D eigenvalue weighted by Crippen LogP contribution is 2.28. The van der Waals surface area contributed by atoms with Gasteiger partial charge in [-0.25, -0.2) is 4.98 Å². The number of fused-ring (bicyclic) bond motifs is 1. The van der Waals surface area contributed by atoms with Crippen molar-refractivity contribution in [3.8, 4) is 11.3 Å². The second-order valence-corrected chi connectivity index (χ2v) is 8.13. The summed E-state index contributed by atoms with van der Waals surface area (Å²) in [5.41, 5.74) is 3.47. The van der Waals surface area contributed by atoms with E-state index in [-0.39, 0.29) is 11.1 Å². The van der Waals surface area contributed by atoms with E-state index in [9.17, 15) is 9.59 Å². The van der Waals surface area contributed by atoms with Gasteiger partial charge in [0.1, 0.15) is 0 Å². The van der Waals surface area contributed by atoms with Gasteiger partial charge in [0, 0.05) is 30.2 Å². The van der Waals surface area contributed by atoms with Crippen molar-refractivity contribution in [2.45, 2.75) is 11.8 Å². The quantitative estimate of drug-likeness (QED) is 0.445. The molecule has 156 valence electrons. The minimum absolute atomic E-state index is 0.0627. The van der Waals surface area contributed by atoms with Crippen molar-refractivity contribution >= 4 is 39.7 Å². The standard InChI is InChI=1S/C23H20N4O3S/c1-14-20-18(13-19(25-22(20)30-26-14)15-7-5-4-6-8-15)21(28)24-16-9-11-17(12-10-16)31-23(29)27(2)3/h4-13H,1-3H3,(H,24,28). The highest BCUT2D eigenvalue weighted by atomic mass is 32.2. The van der Waals surface area contributed by atoms with Crippen LogP contribution >= 0.6 is 11.8 Å². The first-order valence-electron chi connectivity index (χ1n) is 9.55. The third-order valence-electron chi connectivity index (χ3n) is 4.61. The van der Waals surface area contributed by atoms with Gasteiger partial charge in [-0.3, -0.25) is 9.59 Å². The van der Waals surface area contributed by atoms with E-state index in [1.54, 1.807) is 51.4 Å². The maximum atomic E-state index is 13.1. The second kappa shape index (κ2) is 8.61. The van der Waals surface area contributed by atoms with E-state index in [0.29, 0.717) is 33.7 Å². The first kappa shape index (κ1) is 20.6. The first-order valence-corrected chi connectivity index (χ1v) is 10.4. The molecular formula is C23H20N4O3S. The molecule has 1 N–H and O–H groups in total. The lowest BCUT2D eigenvalue weighted by Gasteiger charge is -2.10. The van der Waals surface area contributed by atoms with Gasteiger partial charge in [-0.1, -0.05) is 35.5 Å². The molecule has 31 heavy (non-hydrogen) atoms. The lowest BCUT2D eigenvalue weighted by Crippen LogP contribution is -2.16. The van der Waals surface area contributed by atoms with E-state index in [1.807, 2.05) is 30.3 Å². The Bertz CT molecular complexity index is 1250. The van der Waals surface area contributed by atoms with Crippen molar-refractivity contribution in [3.05, 3.63) is 71.9 Å². The number of carbonyl (C=O) groups is 2. The van der Waals surface area contributed by atoms with Gasteiger partial charge in [-0.15, -0.1) is 0 Å². The summed E-state index contributed by atoms with van der Waals surface area (Å²) in [5.74, 6) is -0.291. The summed E-state index contributed by atoms with van der Waals surface area (Å²) in [6, 6.07) is 18.4. The third kappa shape index (κ3) is 4.44. The minimum Gasteiger partial charge on any atom is -0.339 e. The molecule has 2 amide bonds. The van der Waals surface area contributed by atoms with Crippen LogP contribution in [-0.2, 0) is 0 Å². The lowest BCUT2D eigenvalue weighted by atomic mass is 10.1. The van der Waals surface area contributed by atoms with E-state index in [4.69, 9.17) is 4.52 Å². The molecule has 8 heteroatoms. The molecule has 0 aliphatic heterocycles. The lowest BCUT2D eigenvalue weighted by molar-refractivity contribution is 0.102. The topological polar surface area (TPSA) is 88.3 Å². The molecule has 0 bridgehead atoms. The van der Waals surface area contributed by atoms with Crippen molar-refractivity contribution in [1.82, 2.24) is 15.0 Å². The summed E-state index contributed by atoms with van der Waals surface area (Å²) in [5, 5.41) is 7.41. The Morgan fingerprint density at radius 2 is 1.74 bits per heavy atom. The van der Waals surface area contributed by atoms with Crippen molar-refractivity contribution < 1.29 is 14.1 Å². The van der Waals surface area contributed by atoms with Crippen molar-refractivity contribution in [1.29, 1.82) is 0 Å². The monoisotopic (exact) mass is 432 g/mol. The number of aryl methyl sites for hydroxylation is 1. The van der Waals surface area contributed by atoms with Gasteiger partial charge in [-0.2, -0.15) is 0 Å². The fourth-order valence-electron chi connectivity index (χ4n) is 3.03. The number of pyridine rings is 1. The molecule has 0 saturated heterocycles. The molecule has 2 aromatic carbocycles. The van der Waals surface area contributed by atoms with Crippen LogP contribution in [0.5, 0.6) is 0 Å². The molecule has 4 aromatic rings. The van der Waals surface area contributed by atoms with Crippen molar-refractivity contribution in [2.24, 2.45) is 0 Å². The summed E-state index contributed by atoms with van der Waals surface area (Å²) < 4.78 is 5.34. The Kier molecular flexibility index (Phi) is 5.73. The molecule has 0 unspecified atom stereocenters. The fraction of sp³-hybridized carbons (Fsp3) is 0.130. The van der Waals surface area contributed by atoms with Crippen molar-refractivity contribution in [2.75, 3.05) is 19.4 Å². The van der Waals surface area contributed by atoms with Crippen LogP contribution in [-0.4, -0.2) is 40.3 Å². The molecule has 0 saturated carbocycles. The van der Waals surface area contributed by atoms with E-state index in [1.165, 1.54) is 4.90 Å². The Morgan fingerprint density at radius 3 is 2.42 bits per heavy atom. The van der Waals surface area contributed by atoms with E-state index in [0.717, 1.165) is 22.2 Å². The normalized spacial score (nSPS) is 10.8. The first-order chi connectivity index (χ1) is 14.9. The predicted octanol–water partition coefficient (Wildman–Crippen LogP) is 5.22. The Balaban J connectivity index is 1.63. The van der Waals surface area contributed by atoms with Crippen LogP contribution in [0.25, 0.3) is 22.4 Å². The number of nitrogens with zero attached hydrogens (tertiary/aromatic N) is 3. The van der Waals surface area contributed by atoms with Crippen LogP contribution in [0, 0.1) is 6.92 Å². The molecule has 0 aliphatic rings. The van der Waals surface area contributed by atoms with Crippen molar-refractivity contribution in [3.63, 3.8) is 0 Å². The number of amides is 2. The maximum Gasteiger partial charge on any atom is 0.285 e. The molecule has 7 nitrogen and oxygen atoms in total. The largest absolute Gasteiger partial charge is 0.339 e. The number of benzene rings is 2. The summed E-state index contributed by atoms with van der Waals surface area (Å²) in [7, 11) is 3.41. The summed E-state index contributed by atoms with van der Waals surface area (Å²) in [6.07, 6.45) is 0. The third-order valence-corrected chi connectivity index (χ3v) is 5.66. The van der Waals surface area contributed by atoms with Crippen LogP contribution in [0.2, 0.25) is 0 Å². The van der Waals surface area contributed by atoms with Gasteiger partial charge < -0.3 is 14.7 Å². The van der Waals surface area contributed by atoms with E-state index >= 15 is 0 Å². The number of rotatable bonds is 4. The molecule has 2 aromatic heterocycles. The zero-order valence-electron chi connectivity index (χ0n) is 17.2. The molecule has 0 atom stereocenters. The highest BCUT2D eigenvalue weighted by Gasteiger charge is 2.19. The van der Waals surface area contributed by atoms with Crippen LogP contribution in [0.3, 0.4) is 0 Å². The summed E-state index contributed by atoms with van der Waals surface area (Å²) in [4.78, 5) is 31.8. The second-order valence-electron chi connectivity index (χ2n) is 7.11.